The number of hydrogen-bond acceptors (Lipinski definition) is 2. The van der Waals surface area contributed by atoms with Gasteiger partial charge in [0.1, 0.15) is 0 Å². The molecule has 5 heteroatoms. The van der Waals surface area contributed by atoms with Crippen molar-refractivity contribution in [1.82, 2.24) is 15.5 Å². The molecule has 0 saturated carbocycles. The van der Waals surface area contributed by atoms with Crippen LogP contribution in [0.4, 0.5) is 0 Å². The van der Waals surface area contributed by atoms with E-state index in [0.29, 0.717) is 6.04 Å². The van der Waals surface area contributed by atoms with E-state index in [-0.39, 0.29) is 24.0 Å². The van der Waals surface area contributed by atoms with Crippen LogP contribution in [0.5, 0.6) is 0 Å². The molecule has 2 N–H and O–H groups in total. The lowest BCUT2D eigenvalue weighted by molar-refractivity contribution is 0.290. The smallest absolute Gasteiger partial charge is 0.191 e. The number of halogens is 1. The van der Waals surface area contributed by atoms with Gasteiger partial charge >= 0.3 is 0 Å². The Bertz CT molecular complexity index is 653. The number of rotatable bonds is 7. The lowest BCUT2D eigenvalue weighted by atomic mass is 10.1. The Morgan fingerprint density at radius 1 is 0.962 bits per heavy atom. The highest BCUT2D eigenvalue weighted by Crippen LogP contribution is 2.06. The first-order valence-electron chi connectivity index (χ1n) is 8.79. The van der Waals surface area contributed by atoms with Gasteiger partial charge < -0.3 is 15.5 Å². The first-order chi connectivity index (χ1) is 12.1. The van der Waals surface area contributed by atoms with Gasteiger partial charge in [-0.2, -0.15) is 0 Å². The highest BCUT2D eigenvalue weighted by molar-refractivity contribution is 14.0. The van der Waals surface area contributed by atoms with Crippen LogP contribution in [0.2, 0.25) is 0 Å². The summed E-state index contributed by atoms with van der Waals surface area (Å²) in [7, 11) is 6.06. The van der Waals surface area contributed by atoms with Crippen LogP contribution in [-0.2, 0) is 13.0 Å². The molecule has 1 unspecified atom stereocenters. The molecular formula is C21H31IN4. The molecule has 0 heterocycles. The third-order valence-electron chi connectivity index (χ3n) is 4.35. The molecule has 0 spiro atoms. The molecule has 26 heavy (non-hydrogen) atoms. The number of nitrogens with one attached hydrogen (secondary N) is 2. The first kappa shape index (κ1) is 22.4. The van der Waals surface area contributed by atoms with Gasteiger partial charge in [-0.3, -0.25) is 4.99 Å². The quantitative estimate of drug-likeness (QED) is 0.373. The molecule has 0 radical (unpaired) electrons. The van der Waals surface area contributed by atoms with Gasteiger partial charge in [0.15, 0.2) is 5.96 Å². The predicted octanol–water partition coefficient (Wildman–Crippen LogP) is 3.45. The zero-order chi connectivity index (χ0) is 18.1. The Labute approximate surface area is 175 Å². The Balaban J connectivity index is 0.00000338. The van der Waals surface area contributed by atoms with Crippen LogP contribution in [0.25, 0.3) is 0 Å². The summed E-state index contributed by atoms with van der Waals surface area (Å²) in [5.41, 5.74) is 3.88. The van der Waals surface area contributed by atoms with E-state index < -0.39 is 0 Å². The molecule has 2 rings (SSSR count). The molecule has 4 nitrogen and oxygen atoms in total. The summed E-state index contributed by atoms with van der Waals surface area (Å²) in [6.45, 7) is 3.71. The van der Waals surface area contributed by atoms with Crippen LogP contribution >= 0.6 is 24.0 Å². The topological polar surface area (TPSA) is 39.7 Å². The lowest BCUT2D eigenvalue weighted by Gasteiger charge is -2.25. The number of benzene rings is 2. The zero-order valence-electron chi connectivity index (χ0n) is 16.2. The second kappa shape index (κ2) is 11.9. The fourth-order valence-corrected chi connectivity index (χ4v) is 2.65. The summed E-state index contributed by atoms with van der Waals surface area (Å²) in [5, 5.41) is 6.83. The van der Waals surface area contributed by atoms with Crippen molar-refractivity contribution in [3.05, 3.63) is 71.3 Å². The van der Waals surface area contributed by atoms with E-state index in [1.807, 2.05) is 7.05 Å². The van der Waals surface area contributed by atoms with Crippen LogP contribution in [0.3, 0.4) is 0 Å². The van der Waals surface area contributed by atoms with Crippen LogP contribution in [-0.4, -0.2) is 44.6 Å². The van der Waals surface area contributed by atoms with E-state index in [1.54, 1.807) is 0 Å². The van der Waals surface area contributed by atoms with E-state index in [0.717, 1.165) is 25.5 Å². The van der Waals surface area contributed by atoms with Crippen molar-refractivity contribution < 1.29 is 0 Å². The van der Waals surface area contributed by atoms with Crippen LogP contribution in [0.15, 0.2) is 59.6 Å². The average molecular weight is 466 g/mol. The first-order valence-corrected chi connectivity index (χ1v) is 8.79. The summed E-state index contributed by atoms with van der Waals surface area (Å²) in [6, 6.07) is 19.6. The molecule has 1 atom stereocenters. The van der Waals surface area contributed by atoms with Crippen LogP contribution in [0.1, 0.15) is 16.7 Å². The molecule has 2 aromatic rings. The molecule has 0 bridgehead atoms. The molecule has 0 aliphatic heterocycles. The highest BCUT2D eigenvalue weighted by Gasteiger charge is 2.13. The largest absolute Gasteiger partial charge is 0.355 e. The standard InChI is InChI=1S/C21H30N4.HI/c1-17-10-12-19(13-11-17)15-23-21(22-2)24-16-20(25(3)4)14-18-8-6-5-7-9-18;/h5-13,20H,14-16H2,1-4H3,(H2,22,23,24);1H. The van der Waals surface area contributed by atoms with Gasteiger partial charge in [0, 0.05) is 26.2 Å². The molecule has 0 aliphatic rings. The Morgan fingerprint density at radius 2 is 1.62 bits per heavy atom. The third-order valence-corrected chi connectivity index (χ3v) is 4.35. The molecule has 0 aromatic heterocycles. The Hall–Kier alpha value is -1.60. The SMILES string of the molecule is CN=C(NCc1ccc(C)cc1)NCC(Cc1ccccc1)N(C)C.I. The molecular weight excluding hydrogens is 435 g/mol. The van der Waals surface area contributed by atoms with Crippen LogP contribution < -0.4 is 10.6 Å². The Morgan fingerprint density at radius 3 is 2.19 bits per heavy atom. The summed E-state index contributed by atoms with van der Waals surface area (Å²) >= 11 is 0. The van der Waals surface area contributed by atoms with Gasteiger partial charge in [0.25, 0.3) is 0 Å². The summed E-state index contributed by atoms with van der Waals surface area (Å²) in [4.78, 5) is 6.59. The summed E-state index contributed by atoms with van der Waals surface area (Å²) < 4.78 is 0. The van der Waals surface area contributed by atoms with Crippen molar-refractivity contribution in [3.63, 3.8) is 0 Å². The van der Waals surface area contributed by atoms with Crippen molar-refractivity contribution in [1.29, 1.82) is 0 Å². The maximum Gasteiger partial charge on any atom is 0.191 e. The normalized spacial score (nSPS) is 12.4. The molecule has 0 aliphatic carbocycles. The number of aliphatic imine (C=N–C) groups is 1. The van der Waals surface area contributed by atoms with Gasteiger partial charge in [-0.05, 0) is 38.6 Å². The van der Waals surface area contributed by atoms with Gasteiger partial charge in [-0.1, -0.05) is 60.2 Å². The third kappa shape index (κ3) is 7.74. The van der Waals surface area contributed by atoms with Crippen molar-refractivity contribution >= 4 is 29.9 Å². The minimum atomic E-state index is 0. The molecule has 2 aromatic carbocycles. The fraction of sp³-hybridized carbons (Fsp3) is 0.381. The van der Waals surface area contributed by atoms with Crippen molar-refractivity contribution in [2.24, 2.45) is 4.99 Å². The van der Waals surface area contributed by atoms with E-state index in [1.165, 1.54) is 16.7 Å². The predicted molar refractivity (Wildman–Crippen MR) is 122 cm³/mol. The maximum absolute atomic E-state index is 4.33. The Kier molecular flexibility index (Phi) is 10.3. The average Bonchev–Trinajstić information content (AvgIpc) is 2.63. The second-order valence-electron chi connectivity index (χ2n) is 6.60. The van der Waals surface area contributed by atoms with Gasteiger partial charge in [0.2, 0.25) is 0 Å². The number of aryl methyl sites for hydroxylation is 1. The number of likely N-dealkylation sites (N-methyl/N-ethyl adjacent to an activating group) is 1. The van der Waals surface area contributed by atoms with Gasteiger partial charge in [-0.25, -0.2) is 0 Å². The highest BCUT2D eigenvalue weighted by atomic mass is 127. The number of guanidine groups is 1. The minimum Gasteiger partial charge on any atom is -0.355 e. The summed E-state index contributed by atoms with van der Waals surface area (Å²) in [5.74, 6) is 0.834. The van der Waals surface area contributed by atoms with E-state index >= 15 is 0 Å². The van der Waals surface area contributed by atoms with E-state index in [2.05, 4.69) is 96.1 Å². The van der Waals surface area contributed by atoms with E-state index in [4.69, 9.17) is 0 Å². The summed E-state index contributed by atoms with van der Waals surface area (Å²) in [6.07, 6.45) is 1.01. The molecule has 142 valence electrons. The van der Waals surface area contributed by atoms with E-state index in [9.17, 15) is 0 Å². The monoisotopic (exact) mass is 466 g/mol. The lowest BCUT2D eigenvalue weighted by Crippen LogP contribution is -2.45. The second-order valence-corrected chi connectivity index (χ2v) is 6.60. The van der Waals surface area contributed by atoms with Crippen molar-refractivity contribution in [3.8, 4) is 0 Å². The molecule has 0 amide bonds. The number of nitrogens with zero attached hydrogens (tertiary/aromatic N) is 2. The van der Waals surface area contributed by atoms with Crippen molar-refractivity contribution in [2.45, 2.75) is 25.9 Å². The molecule has 0 fully saturated rings. The zero-order valence-corrected chi connectivity index (χ0v) is 18.5. The van der Waals surface area contributed by atoms with Crippen LogP contribution in [0, 0.1) is 6.92 Å². The van der Waals surface area contributed by atoms with Gasteiger partial charge in [0.05, 0.1) is 0 Å². The molecule has 0 saturated heterocycles. The minimum absolute atomic E-state index is 0. The maximum atomic E-state index is 4.33. The van der Waals surface area contributed by atoms with Crippen molar-refractivity contribution in [2.75, 3.05) is 27.7 Å². The number of hydrogen-bond donors (Lipinski definition) is 2. The fourth-order valence-electron chi connectivity index (χ4n) is 2.65. The van der Waals surface area contributed by atoms with Gasteiger partial charge in [-0.15, -0.1) is 24.0 Å².